The summed E-state index contributed by atoms with van der Waals surface area (Å²) in [6, 6.07) is 14.9. The molecule has 4 rings (SSSR count). The van der Waals surface area contributed by atoms with Gasteiger partial charge in [0.25, 0.3) is 11.8 Å². The second-order valence-electron chi connectivity index (χ2n) is 8.19. The molecule has 2 aliphatic rings. The van der Waals surface area contributed by atoms with Crippen LogP contribution >= 0.6 is 0 Å². The summed E-state index contributed by atoms with van der Waals surface area (Å²) in [5, 5.41) is 3.32. The first kappa shape index (κ1) is 22.7. The van der Waals surface area contributed by atoms with Crippen molar-refractivity contribution in [2.24, 2.45) is 0 Å². The van der Waals surface area contributed by atoms with E-state index in [2.05, 4.69) is 5.32 Å². The van der Waals surface area contributed by atoms with Gasteiger partial charge in [-0.15, -0.1) is 0 Å². The number of carbonyl (C=O) groups is 4. The number of rotatable bonds is 6. The van der Waals surface area contributed by atoms with Gasteiger partial charge in [0, 0.05) is 24.7 Å². The van der Waals surface area contributed by atoms with E-state index in [0.29, 0.717) is 42.7 Å². The Hall–Kier alpha value is -3.52. The van der Waals surface area contributed by atoms with Crippen LogP contribution in [-0.2, 0) is 14.3 Å². The summed E-state index contributed by atoms with van der Waals surface area (Å²) < 4.78 is 4.96. The van der Waals surface area contributed by atoms with Crippen LogP contribution in [0, 0.1) is 0 Å². The maximum Gasteiger partial charge on any atom is 0.338 e. The van der Waals surface area contributed by atoms with Crippen molar-refractivity contribution in [2.45, 2.75) is 38.3 Å². The quantitative estimate of drug-likeness (QED) is 0.537. The minimum Gasteiger partial charge on any atom is -0.462 e. The Labute approximate surface area is 192 Å². The maximum atomic E-state index is 13.0. The Morgan fingerprint density at radius 2 is 1.64 bits per heavy atom. The molecule has 2 saturated heterocycles. The molecular weight excluding hydrogens is 422 g/mol. The van der Waals surface area contributed by atoms with Crippen LogP contribution in [0.15, 0.2) is 54.6 Å². The zero-order valence-corrected chi connectivity index (χ0v) is 18.5. The molecule has 2 aromatic carbocycles. The lowest BCUT2D eigenvalue weighted by molar-refractivity contribution is -0.121. The first-order chi connectivity index (χ1) is 16.0. The van der Waals surface area contributed by atoms with E-state index in [1.165, 1.54) is 4.90 Å². The largest absolute Gasteiger partial charge is 0.462 e. The number of nitrogens with zero attached hydrogens (tertiary/aromatic N) is 2. The minimum absolute atomic E-state index is 0.0126. The molecule has 0 radical (unpaired) electrons. The van der Waals surface area contributed by atoms with Gasteiger partial charge in [-0.3, -0.25) is 14.4 Å². The number of ether oxygens (including phenoxy) is 1. The van der Waals surface area contributed by atoms with Gasteiger partial charge >= 0.3 is 5.97 Å². The number of hydrogen-bond acceptors (Lipinski definition) is 6. The molecule has 1 N–H and O–H groups in total. The summed E-state index contributed by atoms with van der Waals surface area (Å²) in [6.07, 6.45) is 1.51. The number of hydrogen-bond donors (Lipinski definition) is 1. The topological polar surface area (TPSA) is 96.0 Å². The Morgan fingerprint density at radius 1 is 0.970 bits per heavy atom. The van der Waals surface area contributed by atoms with E-state index >= 15 is 0 Å². The molecule has 0 bridgehead atoms. The predicted octanol–water partition coefficient (Wildman–Crippen LogP) is 2.39. The van der Waals surface area contributed by atoms with Crippen LogP contribution in [0.4, 0.5) is 5.69 Å². The van der Waals surface area contributed by atoms with Gasteiger partial charge in [0.15, 0.2) is 0 Å². The molecule has 2 aliphatic heterocycles. The van der Waals surface area contributed by atoms with Gasteiger partial charge in [-0.2, -0.15) is 0 Å². The fourth-order valence-corrected chi connectivity index (χ4v) is 4.29. The van der Waals surface area contributed by atoms with Crippen molar-refractivity contribution < 1.29 is 23.9 Å². The molecular formula is C25H27N3O5. The van der Waals surface area contributed by atoms with Crippen molar-refractivity contribution in [2.75, 3.05) is 24.6 Å². The van der Waals surface area contributed by atoms with Gasteiger partial charge < -0.3 is 15.0 Å². The highest BCUT2D eigenvalue weighted by atomic mass is 16.5. The number of imide groups is 1. The zero-order chi connectivity index (χ0) is 23.4. The number of benzene rings is 2. The Morgan fingerprint density at radius 3 is 2.27 bits per heavy atom. The Bertz CT molecular complexity index is 1030. The monoisotopic (exact) mass is 449 g/mol. The molecule has 0 aliphatic carbocycles. The van der Waals surface area contributed by atoms with E-state index in [9.17, 15) is 19.2 Å². The van der Waals surface area contributed by atoms with Crippen molar-refractivity contribution in [3.8, 4) is 0 Å². The molecule has 0 aromatic heterocycles. The summed E-state index contributed by atoms with van der Waals surface area (Å²) >= 11 is 0. The standard InChI is InChI=1S/C25H27N3O5/c1-2-33-25(32)18-8-10-20(11-9-18)28-22(29)16-21(24(28)31)26-19-12-14-27(15-13-19)23(30)17-6-4-3-5-7-17/h3-11,19,21,26H,2,12-16H2,1H3. The summed E-state index contributed by atoms with van der Waals surface area (Å²) in [5.41, 5.74) is 1.47. The molecule has 2 fully saturated rings. The van der Waals surface area contributed by atoms with Crippen LogP contribution in [0.5, 0.6) is 0 Å². The molecule has 33 heavy (non-hydrogen) atoms. The van der Waals surface area contributed by atoms with Gasteiger partial charge in [-0.05, 0) is 56.2 Å². The van der Waals surface area contributed by atoms with Gasteiger partial charge in [0.2, 0.25) is 5.91 Å². The van der Waals surface area contributed by atoms with Crippen molar-refractivity contribution in [3.63, 3.8) is 0 Å². The van der Waals surface area contributed by atoms with Crippen LogP contribution in [-0.4, -0.2) is 60.4 Å². The van der Waals surface area contributed by atoms with Crippen molar-refractivity contribution >= 4 is 29.4 Å². The zero-order valence-electron chi connectivity index (χ0n) is 18.5. The van der Waals surface area contributed by atoms with Gasteiger partial charge in [0.1, 0.15) is 0 Å². The van der Waals surface area contributed by atoms with E-state index in [-0.39, 0.29) is 36.8 Å². The van der Waals surface area contributed by atoms with Crippen molar-refractivity contribution in [1.29, 1.82) is 0 Å². The normalized spacial score (nSPS) is 19.1. The fourth-order valence-electron chi connectivity index (χ4n) is 4.29. The van der Waals surface area contributed by atoms with Gasteiger partial charge in [-0.1, -0.05) is 18.2 Å². The Balaban J connectivity index is 1.33. The predicted molar refractivity (Wildman–Crippen MR) is 122 cm³/mol. The summed E-state index contributed by atoms with van der Waals surface area (Å²) in [5.74, 6) is -1.01. The second-order valence-corrected chi connectivity index (χ2v) is 8.19. The molecule has 2 aromatic rings. The molecule has 1 atom stereocenters. The number of esters is 1. The van der Waals surface area contributed by atoms with Crippen LogP contribution in [0.2, 0.25) is 0 Å². The summed E-state index contributed by atoms with van der Waals surface area (Å²) in [4.78, 5) is 53.0. The maximum absolute atomic E-state index is 13.0. The van der Waals surface area contributed by atoms with Crippen molar-refractivity contribution in [1.82, 2.24) is 10.2 Å². The molecule has 3 amide bonds. The highest BCUT2D eigenvalue weighted by Crippen LogP contribution is 2.25. The highest BCUT2D eigenvalue weighted by Gasteiger charge is 2.40. The molecule has 0 spiro atoms. The van der Waals surface area contributed by atoms with E-state index in [4.69, 9.17) is 4.74 Å². The highest BCUT2D eigenvalue weighted by molar-refractivity contribution is 6.22. The fraction of sp³-hybridized carbons (Fsp3) is 0.360. The van der Waals surface area contributed by atoms with Crippen molar-refractivity contribution in [3.05, 3.63) is 65.7 Å². The van der Waals surface area contributed by atoms with E-state index in [1.807, 2.05) is 35.2 Å². The number of amides is 3. The number of nitrogens with one attached hydrogen (secondary N) is 1. The first-order valence-corrected chi connectivity index (χ1v) is 11.2. The molecule has 1 unspecified atom stereocenters. The Kier molecular flexibility index (Phi) is 6.84. The summed E-state index contributed by atoms with van der Waals surface area (Å²) in [7, 11) is 0. The molecule has 0 saturated carbocycles. The number of likely N-dealkylation sites (tertiary alicyclic amines) is 1. The lowest BCUT2D eigenvalue weighted by Gasteiger charge is -2.33. The average molecular weight is 450 g/mol. The third-order valence-corrected chi connectivity index (χ3v) is 6.02. The molecule has 172 valence electrons. The third kappa shape index (κ3) is 4.96. The van der Waals surface area contributed by atoms with E-state index in [1.54, 1.807) is 31.2 Å². The van der Waals surface area contributed by atoms with Gasteiger partial charge in [0.05, 0.1) is 30.3 Å². The summed E-state index contributed by atoms with van der Waals surface area (Å²) in [6.45, 7) is 3.20. The average Bonchev–Trinajstić information content (AvgIpc) is 3.12. The first-order valence-electron chi connectivity index (χ1n) is 11.2. The van der Waals surface area contributed by atoms with E-state index < -0.39 is 12.0 Å². The number of carbonyl (C=O) groups excluding carboxylic acids is 4. The molecule has 8 nitrogen and oxygen atoms in total. The van der Waals surface area contributed by atoms with E-state index in [0.717, 1.165) is 0 Å². The third-order valence-electron chi connectivity index (χ3n) is 6.02. The number of anilines is 1. The van der Waals surface area contributed by atoms with Crippen LogP contribution in [0.3, 0.4) is 0 Å². The second kappa shape index (κ2) is 9.95. The number of piperidine rings is 1. The molecule has 2 heterocycles. The SMILES string of the molecule is CCOC(=O)c1ccc(N2C(=O)CC(NC3CCN(C(=O)c4ccccc4)CC3)C2=O)cc1. The van der Waals surface area contributed by atoms with Gasteiger partial charge in [-0.25, -0.2) is 9.69 Å². The lowest BCUT2D eigenvalue weighted by atomic mass is 10.0. The van der Waals surface area contributed by atoms with Crippen LogP contribution in [0.1, 0.15) is 46.9 Å². The molecule has 8 heteroatoms. The van der Waals surface area contributed by atoms with Crippen LogP contribution in [0.25, 0.3) is 0 Å². The minimum atomic E-state index is -0.594. The lowest BCUT2D eigenvalue weighted by Crippen LogP contribution is -2.49. The van der Waals surface area contributed by atoms with Crippen LogP contribution < -0.4 is 10.2 Å². The smallest absolute Gasteiger partial charge is 0.338 e.